The SMILES string of the molecule is Nc1cccnc1SC1CCC(=O)NC1=O. The Labute approximate surface area is 96.8 Å². The Hall–Kier alpha value is -1.56. The van der Waals surface area contributed by atoms with E-state index in [4.69, 9.17) is 5.73 Å². The van der Waals surface area contributed by atoms with Crippen molar-refractivity contribution in [3.63, 3.8) is 0 Å². The second kappa shape index (κ2) is 4.52. The van der Waals surface area contributed by atoms with Gasteiger partial charge in [0.1, 0.15) is 5.03 Å². The summed E-state index contributed by atoms with van der Waals surface area (Å²) in [6.45, 7) is 0. The molecule has 1 aromatic heterocycles. The number of rotatable bonds is 2. The Morgan fingerprint density at radius 3 is 3.00 bits per heavy atom. The van der Waals surface area contributed by atoms with Gasteiger partial charge < -0.3 is 5.73 Å². The molecule has 0 bridgehead atoms. The molecule has 0 aromatic carbocycles. The molecular weight excluding hydrogens is 226 g/mol. The summed E-state index contributed by atoms with van der Waals surface area (Å²) in [5.74, 6) is -0.470. The summed E-state index contributed by atoms with van der Waals surface area (Å²) < 4.78 is 0. The maximum Gasteiger partial charge on any atom is 0.240 e. The third-order valence-corrected chi connectivity index (χ3v) is 3.54. The van der Waals surface area contributed by atoms with Crippen molar-refractivity contribution in [2.24, 2.45) is 0 Å². The Kier molecular flexibility index (Phi) is 3.09. The number of pyridine rings is 1. The second-order valence-corrected chi connectivity index (χ2v) is 4.65. The van der Waals surface area contributed by atoms with Gasteiger partial charge in [0.15, 0.2) is 0 Å². The molecule has 1 unspecified atom stereocenters. The number of piperidine rings is 1. The number of nitrogens with two attached hydrogens (primary N) is 1. The molecule has 84 valence electrons. The van der Waals surface area contributed by atoms with Gasteiger partial charge in [0, 0.05) is 12.6 Å². The number of nitrogen functional groups attached to an aromatic ring is 1. The van der Waals surface area contributed by atoms with Crippen LogP contribution in [0, 0.1) is 0 Å². The second-order valence-electron chi connectivity index (χ2n) is 3.46. The van der Waals surface area contributed by atoms with Gasteiger partial charge in [-0.3, -0.25) is 14.9 Å². The number of hydrogen-bond acceptors (Lipinski definition) is 5. The fourth-order valence-electron chi connectivity index (χ4n) is 1.42. The van der Waals surface area contributed by atoms with E-state index in [2.05, 4.69) is 10.3 Å². The molecule has 1 aliphatic rings. The van der Waals surface area contributed by atoms with E-state index < -0.39 is 0 Å². The van der Waals surface area contributed by atoms with Gasteiger partial charge in [-0.1, -0.05) is 11.8 Å². The van der Waals surface area contributed by atoms with Crippen molar-refractivity contribution in [2.45, 2.75) is 23.1 Å². The summed E-state index contributed by atoms with van der Waals surface area (Å²) in [5.41, 5.74) is 6.28. The van der Waals surface area contributed by atoms with Crippen LogP contribution >= 0.6 is 11.8 Å². The van der Waals surface area contributed by atoms with E-state index in [1.165, 1.54) is 11.8 Å². The maximum atomic E-state index is 11.5. The molecule has 1 aliphatic heterocycles. The Morgan fingerprint density at radius 1 is 1.50 bits per heavy atom. The van der Waals surface area contributed by atoms with Crippen molar-refractivity contribution >= 4 is 29.3 Å². The van der Waals surface area contributed by atoms with Crippen molar-refractivity contribution in [2.75, 3.05) is 5.73 Å². The van der Waals surface area contributed by atoms with Gasteiger partial charge in [-0.2, -0.15) is 0 Å². The zero-order valence-electron chi connectivity index (χ0n) is 8.47. The molecule has 16 heavy (non-hydrogen) atoms. The fraction of sp³-hybridized carbons (Fsp3) is 0.300. The van der Waals surface area contributed by atoms with Crippen molar-refractivity contribution in [3.8, 4) is 0 Å². The minimum atomic E-state index is -0.283. The van der Waals surface area contributed by atoms with Crippen LogP contribution in [0.4, 0.5) is 5.69 Å². The molecule has 3 N–H and O–H groups in total. The van der Waals surface area contributed by atoms with E-state index in [9.17, 15) is 9.59 Å². The van der Waals surface area contributed by atoms with Crippen LogP contribution in [-0.4, -0.2) is 22.0 Å². The molecule has 0 saturated carbocycles. The van der Waals surface area contributed by atoms with E-state index in [-0.39, 0.29) is 17.1 Å². The molecule has 1 aromatic rings. The lowest BCUT2D eigenvalue weighted by atomic mass is 10.1. The first kappa shape index (κ1) is 10.9. The molecule has 0 spiro atoms. The molecule has 2 heterocycles. The van der Waals surface area contributed by atoms with Crippen molar-refractivity contribution in [1.82, 2.24) is 10.3 Å². The predicted octanol–water partition coefficient (Wildman–Crippen LogP) is 0.561. The van der Waals surface area contributed by atoms with Crippen LogP contribution in [-0.2, 0) is 9.59 Å². The molecule has 5 nitrogen and oxygen atoms in total. The minimum absolute atomic E-state index is 0.212. The quantitative estimate of drug-likeness (QED) is 0.734. The van der Waals surface area contributed by atoms with E-state index in [1.54, 1.807) is 18.3 Å². The molecule has 2 rings (SSSR count). The third kappa shape index (κ3) is 2.33. The third-order valence-electron chi connectivity index (χ3n) is 2.24. The van der Waals surface area contributed by atoms with E-state index >= 15 is 0 Å². The molecule has 0 aliphatic carbocycles. The monoisotopic (exact) mass is 237 g/mol. The highest BCUT2D eigenvalue weighted by atomic mass is 32.2. The van der Waals surface area contributed by atoms with Crippen LogP contribution in [0.15, 0.2) is 23.4 Å². The summed E-state index contributed by atoms with van der Waals surface area (Å²) in [4.78, 5) is 26.6. The summed E-state index contributed by atoms with van der Waals surface area (Å²) in [5, 5.41) is 2.66. The van der Waals surface area contributed by atoms with Crippen molar-refractivity contribution in [1.29, 1.82) is 0 Å². The van der Waals surface area contributed by atoms with Gasteiger partial charge in [-0.25, -0.2) is 4.98 Å². The van der Waals surface area contributed by atoms with Gasteiger partial charge in [-0.05, 0) is 18.6 Å². The number of hydrogen-bond donors (Lipinski definition) is 2. The summed E-state index contributed by atoms with van der Waals surface area (Å²) in [7, 11) is 0. The van der Waals surface area contributed by atoms with Gasteiger partial charge in [0.25, 0.3) is 0 Å². The van der Waals surface area contributed by atoms with E-state index in [0.29, 0.717) is 23.6 Å². The van der Waals surface area contributed by atoms with Crippen molar-refractivity contribution < 1.29 is 9.59 Å². The standard InChI is InChI=1S/C10H11N3O2S/c11-6-2-1-5-12-10(6)16-7-3-4-8(14)13-9(7)15/h1-2,5,7H,3-4,11H2,(H,13,14,15). The van der Waals surface area contributed by atoms with Crippen LogP contribution < -0.4 is 11.1 Å². The number of thioether (sulfide) groups is 1. The summed E-state index contributed by atoms with van der Waals surface area (Å²) in [6.07, 6.45) is 2.53. The number of aromatic nitrogens is 1. The molecule has 1 saturated heterocycles. The smallest absolute Gasteiger partial charge is 0.240 e. The normalized spacial score (nSPS) is 20.6. The number of anilines is 1. The Morgan fingerprint density at radius 2 is 2.31 bits per heavy atom. The first-order chi connectivity index (χ1) is 7.66. The van der Waals surface area contributed by atoms with Gasteiger partial charge in [0.2, 0.25) is 11.8 Å². The van der Waals surface area contributed by atoms with Crippen LogP contribution in [0.2, 0.25) is 0 Å². The number of carbonyl (C=O) groups is 2. The average molecular weight is 237 g/mol. The molecule has 1 atom stereocenters. The molecule has 0 radical (unpaired) electrons. The number of imide groups is 1. The van der Waals surface area contributed by atoms with Gasteiger partial charge >= 0.3 is 0 Å². The topological polar surface area (TPSA) is 85.1 Å². The number of nitrogens with one attached hydrogen (secondary N) is 1. The van der Waals surface area contributed by atoms with E-state index in [0.717, 1.165) is 0 Å². The summed E-state index contributed by atoms with van der Waals surface area (Å²) >= 11 is 1.30. The van der Waals surface area contributed by atoms with Gasteiger partial charge in [0.05, 0.1) is 10.9 Å². The number of nitrogens with zero attached hydrogens (tertiary/aromatic N) is 1. The van der Waals surface area contributed by atoms with Crippen LogP contribution in [0.25, 0.3) is 0 Å². The lowest BCUT2D eigenvalue weighted by Crippen LogP contribution is -2.42. The number of carbonyl (C=O) groups excluding carboxylic acids is 2. The average Bonchev–Trinajstić information content (AvgIpc) is 2.25. The summed E-state index contributed by atoms with van der Waals surface area (Å²) in [6, 6.07) is 3.48. The highest BCUT2D eigenvalue weighted by Crippen LogP contribution is 2.30. The first-order valence-electron chi connectivity index (χ1n) is 4.87. The zero-order chi connectivity index (χ0) is 11.5. The zero-order valence-corrected chi connectivity index (χ0v) is 9.29. The van der Waals surface area contributed by atoms with Crippen LogP contribution in [0.3, 0.4) is 0 Å². The minimum Gasteiger partial charge on any atom is -0.397 e. The van der Waals surface area contributed by atoms with Gasteiger partial charge in [-0.15, -0.1) is 0 Å². The highest BCUT2D eigenvalue weighted by Gasteiger charge is 2.28. The fourth-order valence-corrected chi connectivity index (χ4v) is 2.42. The van der Waals surface area contributed by atoms with Crippen molar-refractivity contribution in [3.05, 3.63) is 18.3 Å². The van der Waals surface area contributed by atoms with Crippen LogP contribution in [0.1, 0.15) is 12.8 Å². The molecule has 6 heteroatoms. The molecular formula is C10H11N3O2S. The number of amides is 2. The largest absolute Gasteiger partial charge is 0.397 e. The molecule has 2 amide bonds. The van der Waals surface area contributed by atoms with E-state index in [1.807, 2.05) is 0 Å². The Bertz CT molecular complexity index is 436. The predicted molar refractivity (Wildman–Crippen MR) is 60.7 cm³/mol. The Balaban J connectivity index is 2.08. The lowest BCUT2D eigenvalue weighted by molar-refractivity contribution is -0.132. The first-order valence-corrected chi connectivity index (χ1v) is 5.75. The molecule has 1 fully saturated rings. The van der Waals surface area contributed by atoms with Crippen LogP contribution in [0.5, 0.6) is 0 Å². The highest BCUT2D eigenvalue weighted by molar-refractivity contribution is 8.00. The lowest BCUT2D eigenvalue weighted by Gasteiger charge is -2.20. The maximum absolute atomic E-state index is 11.5.